The molecule has 0 saturated carbocycles. The molecule has 1 atom stereocenters. The first-order valence-electron chi connectivity index (χ1n) is 4.64. The fraction of sp³-hybridized carbons (Fsp3) is 0.400. The highest BCUT2D eigenvalue weighted by Gasteiger charge is 2.14. The minimum atomic E-state index is 0.190. The summed E-state index contributed by atoms with van der Waals surface area (Å²) in [5, 5.41) is 0.634. The maximum absolute atomic E-state index is 6.03. The third kappa shape index (κ3) is 3.32. The fourth-order valence-corrected chi connectivity index (χ4v) is 1.77. The Bertz CT molecular complexity index is 356. The maximum Gasteiger partial charge on any atom is 0.147 e. The normalized spacial score (nSPS) is 12.2. The summed E-state index contributed by atoms with van der Waals surface area (Å²) in [6.07, 6.45) is 2.37. The van der Waals surface area contributed by atoms with Crippen LogP contribution in [-0.4, -0.2) is 23.1 Å². The molecule has 0 amide bonds. The van der Waals surface area contributed by atoms with Gasteiger partial charge in [-0.3, -0.25) is 0 Å². The van der Waals surface area contributed by atoms with Gasteiger partial charge >= 0.3 is 0 Å². The van der Waals surface area contributed by atoms with E-state index in [0.29, 0.717) is 16.4 Å². The van der Waals surface area contributed by atoms with Gasteiger partial charge in [0.15, 0.2) is 0 Å². The van der Waals surface area contributed by atoms with E-state index in [1.807, 2.05) is 24.9 Å². The van der Waals surface area contributed by atoms with Crippen molar-refractivity contribution in [3.05, 3.63) is 23.4 Å². The molecule has 1 heterocycles. The van der Waals surface area contributed by atoms with Gasteiger partial charge in [-0.2, -0.15) is 0 Å². The van der Waals surface area contributed by atoms with Crippen LogP contribution < -0.4 is 10.6 Å². The van der Waals surface area contributed by atoms with Gasteiger partial charge < -0.3 is 10.6 Å². The molecule has 0 bridgehead atoms. The number of anilines is 1. The summed E-state index contributed by atoms with van der Waals surface area (Å²) >= 11 is 10.9. The molecule has 1 unspecified atom stereocenters. The molecular weight excluding hydrogens is 230 g/mol. The van der Waals surface area contributed by atoms with Gasteiger partial charge in [-0.05, 0) is 19.1 Å². The Kier molecular flexibility index (Phi) is 4.29. The van der Waals surface area contributed by atoms with Gasteiger partial charge in [-0.15, -0.1) is 0 Å². The van der Waals surface area contributed by atoms with E-state index >= 15 is 0 Å². The van der Waals surface area contributed by atoms with E-state index in [-0.39, 0.29) is 6.04 Å². The molecule has 0 fully saturated rings. The summed E-state index contributed by atoms with van der Waals surface area (Å²) in [5.74, 6) is 0.753. The third-order valence-corrected chi connectivity index (χ3v) is 2.69. The number of hydrogen-bond donors (Lipinski definition) is 1. The van der Waals surface area contributed by atoms with Crippen LogP contribution in [0.4, 0.5) is 5.82 Å². The topological polar surface area (TPSA) is 42.1 Å². The summed E-state index contributed by atoms with van der Waals surface area (Å²) < 4.78 is 0. The zero-order valence-electron chi connectivity index (χ0n) is 8.77. The molecule has 82 valence electrons. The van der Waals surface area contributed by atoms with Crippen LogP contribution in [0.25, 0.3) is 0 Å². The first kappa shape index (κ1) is 12.2. The maximum atomic E-state index is 6.03. The van der Waals surface area contributed by atoms with Gasteiger partial charge in [-0.1, -0.05) is 23.8 Å². The highest BCUT2D eigenvalue weighted by Crippen LogP contribution is 2.23. The molecule has 1 rings (SSSR count). The number of rotatable bonds is 4. The minimum Gasteiger partial charge on any atom is -0.393 e. The predicted octanol–water partition coefficient (Wildman–Crippen LogP) is 2.24. The Morgan fingerprint density at radius 2 is 2.40 bits per heavy atom. The largest absolute Gasteiger partial charge is 0.393 e. The minimum absolute atomic E-state index is 0.190. The monoisotopic (exact) mass is 243 g/mol. The van der Waals surface area contributed by atoms with Crippen molar-refractivity contribution in [3.63, 3.8) is 0 Å². The molecule has 0 aromatic carbocycles. The zero-order valence-corrected chi connectivity index (χ0v) is 10.3. The lowest BCUT2D eigenvalue weighted by Crippen LogP contribution is -2.33. The van der Waals surface area contributed by atoms with E-state index in [2.05, 4.69) is 4.98 Å². The van der Waals surface area contributed by atoms with Gasteiger partial charge in [0.1, 0.15) is 5.82 Å². The summed E-state index contributed by atoms with van der Waals surface area (Å²) in [6.45, 7) is 2.03. The van der Waals surface area contributed by atoms with Crippen LogP contribution in [0.15, 0.2) is 18.3 Å². The van der Waals surface area contributed by atoms with Crippen LogP contribution >= 0.6 is 23.8 Å². The first-order chi connectivity index (χ1) is 7.02. The number of nitrogens with zero attached hydrogens (tertiary/aromatic N) is 2. The predicted molar refractivity (Wildman–Crippen MR) is 68.5 cm³/mol. The summed E-state index contributed by atoms with van der Waals surface area (Å²) in [7, 11) is 1.93. The molecule has 0 saturated heterocycles. The molecule has 15 heavy (non-hydrogen) atoms. The Balaban J connectivity index is 2.80. The molecule has 1 aromatic rings. The van der Waals surface area contributed by atoms with E-state index in [0.717, 1.165) is 5.82 Å². The molecular formula is C10H14ClN3S. The van der Waals surface area contributed by atoms with Crippen molar-refractivity contribution < 1.29 is 0 Å². The number of hydrogen-bond acceptors (Lipinski definition) is 3. The van der Waals surface area contributed by atoms with E-state index in [1.54, 1.807) is 12.3 Å². The number of halogens is 1. The Hall–Kier alpha value is -0.870. The number of pyridine rings is 1. The summed E-state index contributed by atoms with van der Waals surface area (Å²) in [4.78, 5) is 6.69. The van der Waals surface area contributed by atoms with Crippen molar-refractivity contribution in [2.24, 2.45) is 5.73 Å². The molecule has 0 aliphatic carbocycles. The number of aromatic nitrogens is 1. The van der Waals surface area contributed by atoms with Crippen molar-refractivity contribution in [1.82, 2.24) is 4.98 Å². The molecule has 0 aliphatic rings. The van der Waals surface area contributed by atoms with E-state index in [9.17, 15) is 0 Å². The molecule has 2 N–H and O–H groups in total. The second-order valence-electron chi connectivity index (χ2n) is 3.44. The van der Waals surface area contributed by atoms with Crippen LogP contribution in [0.3, 0.4) is 0 Å². The van der Waals surface area contributed by atoms with Crippen LogP contribution in [0, 0.1) is 0 Å². The quantitative estimate of drug-likeness (QED) is 0.824. The first-order valence-corrected chi connectivity index (χ1v) is 5.42. The van der Waals surface area contributed by atoms with Crippen molar-refractivity contribution in [1.29, 1.82) is 0 Å². The number of nitrogens with two attached hydrogens (primary N) is 1. The van der Waals surface area contributed by atoms with Crippen LogP contribution in [-0.2, 0) is 0 Å². The van der Waals surface area contributed by atoms with Crippen molar-refractivity contribution in [3.8, 4) is 0 Å². The van der Waals surface area contributed by atoms with E-state index in [1.165, 1.54) is 0 Å². The fourth-order valence-electron chi connectivity index (χ4n) is 1.27. The lowest BCUT2D eigenvalue weighted by molar-refractivity contribution is 0.705. The zero-order chi connectivity index (χ0) is 11.4. The lowest BCUT2D eigenvalue weighted by Gasteiger charge is -2.26. The van der Waals surface area contributed by atoms with Crippen molar-refractivity contribution in [2.45, 2.75) is 19.4 Å². The smallest absolute Gasteiger partial charge is 0.147 e. The number of thiocarbonyl (C=S) groups is 1. The van der Waals surface area contributed by atoms with Gasteiger partial charge in [-0.25, -0.2) is 4.98 Å². The molecule has 5 heteroatoms. The summed E-state index contributed by atoms with van der Waals surface area (Å²) in [5.41, 5.74) is 5.50. The van der Waals surface area contributed by atoms with Crippen LogP contribution in [0.2, 0.25) is 5.02 Å². The van der Waals surface area contributed by atoms with Gasteiger partial charge in [0.2, 0.25) is 0 Å². The van der Waals surface area contributed by atoms with Gasteiger partial charge in [0, 0.05) is 25.7 Å². The standard InChI is InChI=1S/C10H14ClN3S/c1-7(6-9(12)15)14(2)10-8(11)4-3-5-13-10/h3-5,7H,6H2,1-2H3,(H2,12,15). The van der Waals surface area contributed by atoms with E-state index in [4.69, 9.17) is 29.6 Å². The van der Waals surface area contributed by atoms with Crippen LogP contribution in [0.1, 0.15) is 13.3 Å². The highest BCUT2D eigenvalue weighted by molar-refractivity contribution is 7.80. The lowest BCUT2D eigenvalue weighted by atomic mass is 10.2. The molecule has 0 aliphatic heterocycles. The van der Waals surface area contributed by atoms with E-state index < -0.39 is 0 Å². The molecule has 1 aromatic heterocycles. The third-order valence-electron chi connectivity index (χ3n) is 2.23. The SMILES string of the molecule is CC(CC(N)=S)N(C)c1ncccc1Cl. The molecule has 0 radical (unpaired) electrons. The van der Waals surface area contributed by atoms with Crippen LogP contribution in [0.5, 0.6) is 0 Å². The molecule has 3 nitrogen and oxygen atoms in total. The van der Waals surface area contributed by atoms with Crippen molar-refractivity contribution in [2.75, 3.05) is 11.9 Å². The molecule has 0 spiro atoms. The second-order valence-corrected chi connectivity index (χ2v) is 4.37. The average molecular weight is 244 g/mol. The second kappa shape index (κ2) is 5.28. The average Bonchev–Trinajstić information content (AvgIpc) is 2.16. The highest BCUT2D eigenvalue weighted by atomic mass is 35.5. The Labute approximate surface area is 100 Å². The Morgan fingerprint density at radius 1 is 1.73 bits per heavy atom. The van der Waals surface area contributed by atoms with Crippen molar-refractivity contribution >= 4 is 34.6 Å². The van der Waals surface area contributed by atoms with Gasteiger partial charge in [0.05, 0.1) is 10.0 Å². The summed E-state index contributed by atoms with van der Waals surface area (Å²) in [6, 6.07) is 3.81. The van der Waals surface area contributed by atoms with Gasteiger partial charge in [0.25, 0.3) is 0 Å². The Morgan fingerprint density at radius 3 is 2.93 bits per heavy atom.